The molecule has 3 heteroatoms. The van der Waals surface area contributed by atoms with Gasteiger partial charge in [-0.05, 0) is 12.7 Å². The third kappa shape index (κ3) is 3.72. The number of hydrogen-bond acceptors (Lipinski definition) is 3. The highest BCUT2D eigenvalue weighted by atomic mass is 32.2. The van der Waals surface area contributed by atoms with Crippen LogP contribution in [0.25, 0.3) is 0 Å². The van der Waals surface area contributed by atoms with E-state index in [4.69, 9.17) is 0 Å². The van der Waals surface area contributed by atoms with E-state index in [0.29, 0.717) is 0 Å². The zero-order chi connectivity index (χ0) is 9.40. The van der Waals surface area contributed by atoms with E-state index in [1.165, 1.54) is 0 Å². The van der Waals surface area contributed by atoms with Crippen molar-refractivity contribution in [2.45, 2.75) is 32.7 Å². The monoisotopic (exact) mass is 184 g/mol. The fraction of sp³-hybridized carbons (Fsp3) is 0.556. The van der Waals surface area contributed by atoms with E-state index in [1.807, 2.05) is 20.8 Å². The van der Waals surface area contributed by atoms with Crippen LogP contribution >= 0.6 is 11.8 Å². The van der Waals surface area contributed by atoms with Crippen molar-refractivity contribution < 1.29 is 0 Å². The van der Waals surface area contributed by atoms with Crippen LogP contribution in [0.15, 0.2) is 17.4 Å². The van der Waals surface area contributed by atoms with Gasteiger partial charge in [-0.2, -0.15) is 0 Å². The lowest BCUT2D eigenvalue weighted by Crippen LogP contribution is -1.87. The van der Waals surface area contributed by atoms with Crippen LogP contribution in [0, 0.1) is 6.92 Å². The van der Waals surface area contributed by atoms with Crippen LogP contribution in [0.1, 0.15) is 26.5 Å². The Labute approximate surface area is 78.8 Å². The molecule has 68 valence electrons. The molecular formula is C9H16N2S. The maximum absolute atomic E-state index is 4.17. The van der Waals surface area contributed by atoms with E-state index in [0.717, 1.165) is 16.5 Å². The van der Waals surface area contributed by atoms with Gasteiger partial charge in [0.25, 0.3) is 0 Å². The van der Waals surface area contributed by atoms with Gasteiger partial charge in [0.15, 0.2) is 0 Å². The predicted molar refractivity (Wildman–Crippen MR) is 54.5 cm³/mol. The molecule has 1 aromatic heterocycles. The van der Waals surface area contributed by atoms with Gasteiger partial charge in [0.05, 0.1) is 5.69 Å². The van der Waals surface area contributed by atoms with Gasteiger partial charge in [-0.25, -0.2) is 4.98 Å². The Hall–Kier alpha value is -0.570. The summed E-state index contributed by atoms with van der Waals surface area (Å²) >= 11 is 1.73. The predicted octanol–water partition coefficient (Wildman–Crippen LogP) is 2.92. The van der Waals surface area contributed by atoms with E-state index in [2.05, 4.69) is 16.9 Å². The normalized spacial score (nSPS) is 8.67. The van der Waals surface area contributed by atoms with Gasteiger partial charge in [-0.3, -0.25) is 4.98 Å². The number of hydrogen-bond donors (Lipinski definition) is 0. The summed E-state index contributed by atoms with van der Waals surface area (Å²) in [7, 11) is 0. The summed E-state index contributed by atoms with van der Waals surface area (Å²) in [6.45, 7) is 8.09. The number of rotatable bonds is 2. The van der Waals surface area contributed by atoms with Crippen LogP contribution < -0.4 is 0 Å². The zero-order valence-corrected chi connectivity index (χ0v) is 8.98. The number of aryl methyl sites for hydroxylation is 1. The Kier molecular flexibility index (Phi) is 6.76. The maximum Gasteiger partial charge on any atom is 0.117 e. The SMILES string of the molecule is CC.CCSc1nccnc1C. The summed E-state index contributed by atoms with van der Waals surface area (Å²) in [5, 5.41) is 1.05. The van der Waals surface area contributed by atoms with Crippen molar-refractivity contribution in [3.63, 3.8) is 0 Å². The minimum absolute atomic E-state index is 1.02. The Morgan fingerprint density at radius 3 is 2.33 bits per heavy atom. The Balaban J connectivity index is 0.000000561. The Morgan fingerprint density at radius 1 is 1.25 bits per heavy atom. The summed E-state index contributed by atoms with van der Waals surface area (Å²) in [6.07, 6.45) is 3.44. The van der Waals surface area contributed by atoms with E-state index < -0.39 is 0 Å². The molecule has 0 aromatic carbocycles. The highest BCUT2D eigenvalue weighted by molar-refractivity contribution is 7.99. The average molecular weight is 184 g/mol. The van der Waals surface area contributed by atoms with Crippen molar-refractivity contribution in [2.75, 3.05) is 5.75 Å². The molecule has 0 radical (unpaired) electrons. The maximum atomic E-state index is 4.17. The first kappa shape index (κ1) is 11.4. The van der Waals surface area contributed by atoms with Crippen molar-refractivity contribution >= 4 is 11.8 Å². The minimum Gasteiger partial charge on any atom is -0.257 e. The minimum atomic E-state index is 1.02. The smallest absolute Gasteiger partial charge is 0.117 e. The fourth-order valence-corrected chi connectivity index (χ4v) is 1.34. The lowest BCUT2D eigenvalue weighted by atomic mass is 10.5. The van der Waals surface area contributed by atoms with Crippen LogP contribution in [-0.4, -0.2) is 15.7 Å². The number of thioether (sulfide) groups is 1. The average Bonchev–Trinajstić information content (AvgIpc) is 2.13. The Morgan fingerprint density at radius 2 is 1.83 bits per heavy atom. The van der Waals surface area contributed by atoms with Gasteiger partial charge < -0.3 is 0 Å². The highest BCUT2D eigenvalue weighted by Crippen LogP contribution is 2.15. The zero-order valence-electron chi connectivity index (χ0n) is 8.16. The third-order valence-electron chi connectivity index (χ3n) is 1.12. The first-order valence-electron chi connectivity index (χ1n) is 4.25. The van der Waals surface area contributed by atoms with Gasteiger partial charge in [0, 0.05) is 12.4 Å². The molecule has 0 saturated carbocycles. The molecule has 12 heavy (non-hydrogen) atoms. The molecule has 1 aromatic rings. The standard InChI is InChI=1S/C7H10N2S.C2H6/c1-3-10-7-6(2)8-4-5-9-7;1-2/h4-5H,3H2,1-2H3;1-2H3. The molecule has 0 N–H and O–H groups in total. The van der Waals surface area contributed by atoms with Gasteiger partial charge in [-0.15, -0.1) is 11.8 Å². The first-order chi connectivity index (χ1) is 5.84. The third-order valence-corrected chi connectivity index (χ3v) is 2.08. The first-order valence-corrected chi connectivity index (χ1v) is 5.23. The van der Waals surface area contributed by atoms with E-state index in [9.17, 15) is 0 Å². The lowest BCUT2D eigenvalue weighted by molar-refractivity contribution is 0.986. The molecule has 0 bridgehead atoms. The van der Waals surface area contributed by atoms with Crippen LogP contribution in [0.2, 0.25) is 0 Å². The summed E-state index contributed by atoms with van der Waals surface area (Å²) < 4.78 is 0. The molecule has 0 saturated heterocycles. The summed E-state index contributed by atoms with van der Waals surface area (Å²) in [4.78, 5) is 8.28. The molecule has 0 atom stereocenters. The molecule has 0 unspecified atom stereocenters. The van der Waals surface area contributed by atoms with E-state index in [-0.39, 0.29) is 0 Å². The number of nitrogens with zero attached hydrogens (tertiary/aromatic N) is 2. The molecule has 0 amide bonds. The molecule has 2 nitrogen and oxygen atoms in total. The van der Waals surface area contributed by atoms with Crippen molar-refractivity contribution in [2.24, 2.45) is 0 Å². The second-order valence-corrected chi connectivity index (χ2v) is 3.13. The van der Waals surface area contributed by atoms with Gasteiger partial charge in [0.1, 0.15) is 5.03 Å². The molecule has 0 aliphatic heterocycles. The van der Waals surface area contributed by atoms with Gasteiger partial charge in [0.2, 0.25) is 0 Å². The van der Waals surface area contributed by atoms with E-state index in [1.54, 1.807) is 24.2 Å². The summed E-state index contributed by atoms with van der Waals surface area (Å²) in [5.74, 6) is 1.06. The Bertz CT molecular complexity index is 213. The summed E-state index contributed by atoms with van der Waals surface area (Å²) in [6, 6.07) is 0. The van der Waals surface area contributed by atoms with E-state index >= 15 is 0 Å². The van der Waals surface area contributed by atoms with Gasteiger partial charge in [-0.1, -0.05) is 20.8 Å². The van der Waals surface area contributed by atoms with Crippen LogP contribution in [0.3, 0.4) is 0 Å². The lowest BCUT2D eigenvalue weighted by Gasteiger charge is -1.98. The van der Waals surface area contributed by atoms with Gasteiger partial charge >= 0.3 is 0 Å². The molecule has 1 rings (SSSR count). The molecule has 1 heterocycles. The van der Waals surface area contributed by atoms with Crippen molar-refractivity contribution in [3.8, 4) is 0 Å². The van der Waals surface area contributed by atoms with Crippen LogP contribution in [0.4, 0.5) is 0 Å². The topological polar surface area (TPSA) is 25.8 Å². The van der Waals surface area contributed by atoms with Crippen molar-refractivity contribution in [3.05, 3.63) is 18.1 Å². The van der Waals surface area contributed by atoms with Crippen LogP contribution in [-0.2, 0) is 0 Å². The van der Waals surface area contributed by atoms with Crippen LogP contribution in [0.5, 0.6) is 0 Å². The summed E-state index contributed by atoms with van der Waals surface area (Å²) in [5.41, 5.74) is 1.02. The molecule has 0 fully saturated rings. The fourth-order valence-electron chi connectivity index (χ4n) is 0.673. The highest BCUT2D eigenvalue weighted by Gasteiger charge is 1.96. The quantitative estimate of drug-likeness (QED) is 0.661. The second-order valence-electron chi connectivity index (χ2n) is 1.88. The molecule has 0 aliphatic rings. The number of aromatic nitrogens is 2. The van der Waals surface area contributed by atoms with Crippen molar-refractivity contribution in [1.29, 1.82) is 0 Å². The molecule has 0 spiro atoms. The largest absolute Gasteiger partial charge is 0.257 e. The van der Waals surface area contributed by atoms with Crippen molar-refractivity contribution in [1.82, 2.24) is 9.97 Å². The molecule has 0 aliphatic carbocycles. The second kappa shape index (κ2) is 7.10. The molecular weight excluding hydrogens is 168 g/mol.